The van der Waals surface area contributed by atoms with Gasteiger partial charge in [-0.1, -0.05) is 0 Å². The second kappa shape index (κ2) is 6.86. The summed E-state index contributed by atoms with van der Waals surface area (Å²) in [6, 6.07) is 8.29. The Balaban J connectivity index is 1.55. The van der Waals surface area contributed by atoms with Crippen molar-refractivity contribution in [3.8, 4) is 5.69 Å². The van der Waals surface area contributed by atoms with Crippen molar-refractivity contribution in [3.05, 3.63) is 53.9 Å². The van der Waals surface area contributed by atoms with E-state index in [1.165, 1.54) is 18.6 Å². The van der Waals surface area contributed by atoms with Crippen LogP contribution in [0.4, 0.5) is 0 Å². The molecule has 134 valence electrons. The highest BCUT2D eigenvalue weighted by molar-refractivity contribution is 5.87. The minimum atomic E-state index is -0.970. The van der Waals surface area contributed by atoms with E-state index in [-0.39, 0.29) is 18.3 Å². The Kier molecular flexibility index (Phi) is 4.40. The first kappa shape index (κ1) is 16.7. The highest BCUT2D eigenvalue weighted by atomic mass is 16.5. The number of carboxylic acid groups (broad SMARTS) is 1. The molecule has 0 spiro atoms. The van der Waals surface area contributed by atoms with Gasteiger partial charge in [-0.15, -0.1) is 0 Å². The molecule has 7 heteroatoms. The molecular formula is C19H19N3O4. The van der Waals surface area contributed by atoms with Crippen LogP contribution in [0.3, 0.4) is 0 Å². The maximum Gasteiger partial charge on any atom is 0.335 e. The minimum Gasteiger partial charge on any atom is -0.478 e. The first-order chi connectivity index (χ1) is 12.6. The van der Waals surface area contributed by atoms with Gasteiger partial charge < -0.3 is 14.9 Å². The third kappa shape index (κ3) is 3.18. The van der Waals surface area contributed by atoms with E-state index in [0.29, 0.717) is 11.2 Å². The monoisotopic (exact) mass is 353 g/mol. The molecule has 0 aliphatic heterocycles. The van der Waals surface area contributed by atoms with Gasteiger partial charge in [0.25, 0.3) is 0 Å². The number of hydrogen-bond acceptors (Lipinski definition) is 5. The summed E-state index contributed by atoms with van der Waals surface area (Å²) in [6.07, 6.45) is 6.19. The van der Waals surface area contributed by atoms with Crippen LogP contribution in [0.1, 0.15) is 41.3 Å². The quantitative estimate of drug-likeness (QED) is 0.707. The molecule has 2 N–H and O–H groups in total. The van der Waals surface area contributed by atoms with Gasteiger partial charge >= 0.3 is 5.97 Å². The minimum absolute atomic E-state index is 0.218. The Morgan fingerprint density at radius 2 is 2.04 bits per heavy atom. The predicted molar refractivity (Wildman–Crippen MR) is 94.4 cm³/mol. The van der Waals surface area contributed by atoms with E-state index in [1.54, 1.807) is 29.2 Å². The van der Waals surface area contributed by atoms with Crippen molar-refractivity contribution in [1.82, 2.24) is 14.8 Å². The molecular weight excluding hydrogens is 334 g/mol. The van der Waals surface area contributed by atoms with Crippen molar-refractivity contribution in [2.75, 3.05) is 6.61 Å². The summed E-state index contributed by atoms with van der Waals surface area (Å²) in [7, 11) is 0. The van der Waals surface area contributed by atoms with E-state index in [1.807, 2.05) is 6.07 Å². The van der Waals surface area contributed by atoms with E-state index >= 15 is 0 Å². The van der Waals surface area contributed by atoms with Crippen molar-refractivity contribution in [1.29, 1.82) is 0 Å². The summed E-state index contributed by atoms with van der Waals surface area (Å²) >= 11 is 0. The molecule has 1 unspecified atom stereocenters. The zero-order valence-electron chi connectivity index (χ0n) is 14.1. The van der Waals surface area contributed by atoms with Gasteiger partial charge in [0, 0.05) is 17.1 Å². The molecule has 2 heterocycles. The highest BCUT2D eigenvalue weighted by Gasteiger charge is 2.20. The predicted octanol–water partition coefficient (Wildman–Crippen LogP) is 2.72. The first-order valence-electron chi connectivity index (χ1n) is 8.59. The van der Waals surface area contributed by atoms with Crippen molar-refractivity contribution in [3.63, 3.8) is 0 Å². The fourth-order valence-electron chi connectivity index (χ4n) is 2.92. The number of aromatic nitrogens is 3. The number of hydrogen-bond donors (Lipinski definition) is 2. The second-order valence-electron chi connectivity index (χ2n) is 6.49. The van der Waals surface area contributed by atoms with E-state index in [0.717, 1.165) is 23.9 Å². The van der Waals surface area contributed by atoms with Gasteiger partial charge in [-0.2, -0.15) is 5.10 Å². The van der Waals surface area contributed by atoms with Gasteiger partial charge in [0.15, 0.2) is 5.65 Å². The number of aliphatic hydroxyl groups is 1. The Morgan fingerprint density at radius 1 is 1.27 bits per heavy atom. The van der Waals surface area contributed by atoms with E-state index < -0.39 is 12.1 Å². The number of rotatable bonds is 6. The molecule has 1 fully saturated rings. The molecule has 4 rings (SSSR count). The van der Waals surface area contributed by atoms with Crippen LogP contribution >= 0.6 is 0 Å². The molecule has 1 aliphatic rings. The number of carbonyl (C=O) groups is 1. The summed E-state index contributed by atoms with van der Waals surface area (Å²) in [5.41, 5.74) is 2.27. The number of aliphatic hydroxyl groups excluding tert-OH is 1. The topological polar surface area (TPSA) is 97.5 Å². The first-order valence-corrected chi connectivity index (χ1v) is 8.59. The molecule has 0 radical (unpaired) electrons. The number of nitrogens with zero attached hydrogens (tertiary/aromatic N) is 3. The van der Waals surface area contributed by atoms with E-state index in [9.17, 15) is 9.90 Å². The van der Waals surface area contributed by atoms with Crippen LogP contribution in [0.2, 0.25) is 0 Å². The summed E-state index contributed by atoms with van der Waals surface area (Å²) < 4.78 is 7.31. The molecule has 0 amide bonds. The zero-order valence-corrected chi connectivity index (χ0v) is 14.1. The average molecular weight is 353 g/mol. The Labute approximate surface area is 149 Å². The lowest BCUT2D eigenvalue weighted by atomic mass is 9.96. The fraction of sp³-hybridized carbons (Fsp3) is 0.316. The Morgan fingerprint density at radius 3 is 2.69 bits per heavy atom. The van der Waals surface area contributed by atoms with Crippen molar-refractivity contribution in [2.24, 2.45) is 0 Å². The molecule has 0 bridgehead atoms. The standard InChI is InChI=1S/C19H19N3O4/c23-17(11-26-16-2-1-3-16)13-8-14-10-21-22(18(14)20-9-13)15-6-4-12(5-7-15)19(24)25/h4-10,16-17,23H,1-3,11H2,(H,24,25). The highest BCUT2D eigenvalue weighted by Crippen LogP contribution is 2.25. The van der Waals surface area contributed by atoms with Gasteiger partial charge in [-0.05, 0) is 49.6 Å². The van der Waals surface area contributed by atoms with Gasteiger partial charge in [0.05, 0.1) is 30.2 Å². The molecule has 2 aromatic heterocycles. The van der Waals surface area contributed by atoms with Crippen molar-refractivity contribution < 1.29 is 19.7 Å². The summed E-state index contributed by atoms with van der Waals surface area (Å²) in [6.45, 7) is 0.267. The van der Waals surface area contributed by atoms with Gasteiger partial charge in [0.2, 0.25) is 0 Å². The lowest BCUT2D eigenvalue weighted by Crippen LogP contribution is -2.24. The third-order valence-electron chi connectivity index (χ3n) is 4.71. The molecule has 7 nitrogen and oxygen atoms in total. The molecule has 1 aromatic carbocycles. The van der Waals surface area contributed by atoms with Crippen LogP contribution in [0.25, 0.3) is 16.7 Å². The number of pyridine rings is 1. The number of fused-ring (bicyclic) bond motifs is 1. The Hall–Kier alpha value is -2.77. The number of aromatic carboxylic acids is 1. The van der Waals surface area contributed by atoms with Crippen LogP contribution in [-0.4, -0.2) is 43.7 Å². The number of benzene rings is 1. The molecule has 1 aliphatic carbocycles. The summed E-state index contributed by atoms with van der Waals surface area (Å²) in [5.74, 6) is -0.970. The molecule has 1 saturated carbocycles. The largest absolute Gasteiger partial charge is 0.478 e. The zero-order chi connectivity index (χ0) is 18.1. The smallest absolute Gasteiger partial charge is 0.335 e. The van der Waals surface area contributed by atoms with Crippen molar-refractivity contribution >= 4 is 17.0 Å². The van der Waals surface area contributed by atoms with E-state index in [2.05, 4.69) is 10.1 Å². The van der Waals surface area contributed by atoms with Gasteiger partial charge in [-0.3, -0.25) is 0 Å². The molecule has 0 saturated heterocycles. The van der Waals surface area contributed by atoms with Crippen molar-refractivity contribution in [2.45, 2.75) is 31.5 Å². The fourth-order valence-corrected chi connectivity index (χ4v) is 2.92. The molecule has 26 heavy (non-hydrogen) atoms. The van der Waals surface area contributed by atoms with Crippen LogP contribution < -0.4 is 0 Å². The van der Waals surface area contributed by atoms with Gasteiger partial charge in [-0.25, -0.2) is 14.5 Å². The number of carboxylic acids is 1. The summed E-state index contributed by atoms with van der Waals surface area (Å²) in [4.78, 5) is 15.4. The van der Waals surface area contributed by atoms with Crippen LogP contribution in [0.5, 0.6) is 0 Å². The van der Waals surface area contributed by atoms with Crippen LogP contribution in [-0.2, 0) is 4.74 Å². The maximum absolute atomic E-state index is 11.0. The maximum atomic E-state index is 11.0. The average Bonchev–Trinajstić information content (AvgIpc) is 3.03. The lowest BCUT2D eigenvalue weighted by Gasteiger charge is -2.26. The number of ether oxygens (including phenoxy) is 1. The third-order valence-corrected chi connectivity index (χ3v) is 4.71. The molecule has 3 aromatic rings. The lowest BCUT2D eigenvalue weighted by molar-refractivity contribution is -0.0427. The van der Waals surface area contributed by atoms with E-state index in [4.69, 9.17) is 9.84 Å². The van der Waals surface area contributed by atoms with Gasteiger partial charge in [0.1, 0.15) is 6.10 Å². The molecule has 1 atom stereocenters. The normalized spacial score (nSPS) is 15.7. The SMILES string of the molecule is O=C(O)c1ccc(-n2ncc3cc(C(O)COC4CCC4)cnc32)cc1. The second-order valence-corrected chi connectivity index (χ2v) is 6.49. The van der Waals surface area contributed by atoms with Crippen LogP contribution in [0, 0.1) is 0 Å². The summed E-state index contributed by atoms with van der Waals surface area (Å²) in [5, 5.41) is 24.4. The van der Waals surface area contributed by atoms with Crippen LogP contribution in [0.15, 0.2) is 42.7 Å². The Bertz CT molecular complexity index is 932.